The van der Waals surface area contributed by atoms with Crippen molar-refractivity contribution < 1.29 is 4.39 Å². The van der Waals surface area contributed by atoms with E-state index >= 15 is 0 Å². The number of nitrogens with zero attached hydrogens (tertiary/aromatic N) is 6. The van der Waals surface area contributed by atoms with Crippen LogP contribution >= 0.6 is 24.0 Å². The fraction of sp³-hybridized carbons (Fsp3) is 0.238. The first-order chi connectivity index (χ1) is 14.7. The van der Waals surface area contributed by atoms with Gasteiger partial charge in [0.15, 0.2) is 17.4 Å². The summed E-state index contributed by atoms with van der Waals surface area (Å²) in [4.78, 5) is 4.61. The number of rotatable bonds is 7. The zero-order valence-corrected chi connectivity index (χ0v) is 19.4. The Balaban J connectivity index is 0.00000272. The molecule has 3 aromatic heterocycles. The smallest absolute Gasteiger partial charge is 0.191 e. The molecule has 4 aromatic rings. The lowest BCUT2D eigenvalue weighted by Crippen LogP contribution is -2.38. The molecule has 4 rings (SSSR count). The number of hydrogen-bond donors (Lipinski definition) is 2. The van der Waals surface area contributed by atoms with Crippen LogP contribution in [0.1, 0.15) is 18.4 Å². The third-order valence-corrected chi connectivity index (χ3v) is 4.52. The van der Waals surface area contributed by atoms with E-state index in [0.717, 1.165) is 35.8 Å². The Morgan fingerprint density at radius 3 is 2.68 bits per heavy atom. The van der Waals surface area contributed by atoms with Crippen molar-refractivity contribution in [2.45, 2.75) is 19.9 Å². The van der Waals surface area contributed by atoms with Crippen molar-refractivity contribution in [3.63, 3.8) is 0 Å². The number of aromatic nitrogens is 5. The van der Waals surface area contributed by atoms with Gasteiger partial charge in [0.25, 0.3) is 0 Å². The quantitative estimate of drug-likeness (QED) is 0.217. The summed E-state index contributed by atoms with van der Waals surface area (Å²) in [6.45, 7) is 3.87. The number of pyridine rings is 1. The molecule has 8 nitrogen and oxygen atoms in total. The summed E-state index contributed by atoms with van der Waals surface area (Å²) in [5.74, 6) is 1.23. The van der Waals surface area contributed by atoms with E-state index in [4.69, 9.17) is 0 Å². The predicted molar refractivity (Wildman–Crippen MR) is 128 cm³/mol. The molecular weight excluding hydrogens is 510 g/mol. The second-order valence-corrected chi connectivity index (χ2v) is 6.65. The van der Waals surface area contributed by atoms with Gasteiger partial charge in [-0.05, 0) is 49.4 Å². The highest BCUT2D eigenvalue weighted by molar-refractivity contribution is 14.0. The molecule has 0 aliphatic rings. The maximum absolute atomic E-state index is 13.1. The Morgan fingerprint density at radius 2 is 1.87 bits per heavy atom. The number of benzene rings is 1. The lowest BCUT2D eigenvalue weighted by Gasteiger charge is -2.10. The predicted octanol–water partition coefficient (Wildman–Crippen LogP) is 2.97. The van der Waals surface area contributed by atoms with E-state index in [-0.39, 0.29) is 29.8 Å². The van der Waals surface area contributed by atoms with Crippen LogP contribution in [0, 0.1) is 5.82 Å². The topological polar surface area (TPSA) is 84.4 Å². The molecule has 0 bridgehead atoms. The minimum Gasteiger partial charge on any atom is -0.357 e. The molecule has 0 atom stereocenters. The average molecular weight is 534 g/mol. The maximum Gasteiger partial charge on any atom is 0.191 e. The Hall–Kier alpha value is -3.02. The van der Waals surface area contributed by atoms with Gasteiger partial charge in [-0.1, -0.05) is 6.07 Å². The van der Waals surface area contributed by atoms with Crippen molar-refractivity contribution >= 4 is 35.6 Å². The van der Waals surface area contributed by atoms with Crippen LogP contribution in [0.5, 0.6) is 0 Å². The molecule has 10 heteroatoms. The first-order valence-corrected chi connectivity index (χ1v) is 9.84. The van der Waals surface area contributed by atoms with E-state index in [9.17, 15) is 4.39 Å². The van der Waals surface area contributed by atoms with Gasteiger partial charge in [0, 0.05) is 31.9 Å². The molecule has 0 amide bonds. The van der Waals surface area contributed by atoms with Gasteiger partial charge in [-0.25, -0.2) is 14.1 Å². The minimum absolute atomic E-state index is 0. The van der Waals surface area contributed by atoms with Crippen molar-refractivity contribution in [1.29, 1.82) is 0 Å². The van der Waals surface area contributed by atoms with Crippen LogP contribution in [0.25, 0.3) is 11.3 Å². The molecule has 162 valence electrons. The minimum atomic E-state index is -0.260. The normalized spacial score (nSPS) is 11.4. The third-order valence-electron chi connectivity index (χ3n) is 4.52. The summed E-state index contributed by atoms with van der Waals surface area (Å²) in [7, 11) is 0. The molecule has 0 saturated carbocycles. The van der Waals surface area contributed by atoms with Crippen LogP contribution in [0.2, 0.25) is 0 Å². The number of aliphatic imine (C=N–C) groups is 1. The molecule has 0 fully saturated rings. The Labute approximate surface area is 196 Å². The number of halogens is 2. The molecule has 3 heterocycles. The second-order valence-electron chi connectivity index (χ2n) is 6.65. The van der Waals surface area contributed by atoms with Gasteiger partial charge < -0.3 is 10.6 Å². The lowest BCUT2D eigenvalue weighted by molar-refractivity contribution is 0.627. The van der Waals surface area contributed by atoms with E-state index < -0.39 is 0 Å². The van der Waals surface area contributed by atoms with Crippen LogP contribution in [0.15, 0.2) is 65.9 Å². The number of guanidine groups is 1. The first-order valence-electron chi connectivity index (χ1n) is 9.84. The Morgan fingerprint density at radius 1 is 1.03 bits per heavy atom. The SMILES string of the molecule is CCNC(=NCc1nnc2ccccn12)NCCc1ccn(-c2ccc(F)cc2)n1.I. The molecule has 2 N–H and O–H groups in total. The highest BCUT2D eigenvalue weighted by atomic mass is 127. The number of nitrogens with one attached hydrogen (secondary N) is 2. The van der Waals surface area contributed by atoms with E-state index in [0.29, 0.717) is 19.0 Å². The van der Waals surface area contributed by atoms with Crippen molar-refractivity contribution in [3.05, 3.63) is 78.3 Å². The van der Waals surface area contributed by atoms with E-state index in [1.807, 2.05) is 48.0 Å². The van der Waals surface area contributed by atoms with Gasteiger partial charge in [-0.15, -0.1) is 34.2 Å². The van der Waals surface area contributed by atoms with Gasteiger partial charge in [0.05, 0.1) is 11.4 Å². The molecule has 1 aromatic carbocycles. The van der Waals surface area contributed by atoms with Gasteiger partial charge >= 0.3 is 0 Å². The van der Waals surface area contributed by atoms with Crippen LogP contribution < -0.4 is 10.6 Å². The lowest BCUT2D eigenvalue weighted by atomic mass is 10.3. The zero-order valence-electron chi connectivity index (χ0n) is 17.1. The summed E-state index contributed by atoms with van der Waals surface area (Å²) in [5.41, 5.74) is 2.56. The zero-order chi connectivity index (χ0) is 20.8. The van der Waals surface area contributed by atoms with Crippen LogP contribution in [-0.4, -0.2) is 43.4 Å². The standard InChI is InChI=1S/C21H23FN8.HI/c1-2-23-21(25-15-20-27-26-19-5-3-4-13-29(19)20)24-12-10-17-11-14-30(28-17)18-8-6-16(22)7-9-18;/h3-9,11,13-14H,2,10,12,15H2,1H3,(H2,23,24,25);1H. The van der Waals surface area contributed by atoms with Gasteiger partial charge in [-0.2, -0.15) is 5.10 Å². The fourth-order valence-corrected chi connectivity index (χ4v) is 3.03. The highest BCUT2D eigenvalue weighted by Crippen LogP contribution is 2.09. The molecule has 0 aliphatic carbocycles. The summed E-state index contributed by atoms with van der Waals surface area (Å²) >= 11 is 0. The van der Waals surface area contributed by atoms with Crippen molar-refractivity contribution in [1.82, 2.24) is 35.0 Å². The highest BCUT2D eigenvalue weighted by Gasteiger charge is 2.06. The summed E-state index contributed by atoms with van der Waals surface area (Å²) in [6.07, 6.45) is 4.53. The van der Waals surface area contributed by atoms with E-state index in [1.165, 1.54) is 12.1 Å². The average Bonchev–Trinajstić information content (AvgIpc) is 3.40. The van der Waals surface area contributed by atoms with Crippen molar-refractivity contribution in [3.8, 4) is 5.69 Å². The molecule has 0 unspecified atom stereocenters. The molecule has 0 spiro atoms. The molecule has 0 radical (unpaired) electrons. The van der Waals surface area contributed by atoms with Gasteiger partial charge in [0.1, 0.15) is 12.4 Å². The molecular formula is C21H24FIN8. The Bertz CT molecular complexity index is 1140. The van der Waals surface area contributed by atoms with Crippen molar-refractivity contribution in [2.24, 2.45) is 4.99 Å². The number of hydrogen-bond acceptors (Lipinski definition) is 4. The third kappa shape index (κ3) is 5.78. The monoisotopic (exact) mass is 534 g/mol. The van der Waals surface area contributed by atoms with Gasteiger partial charge in [-0.3, -0.25) is 4.40 Å². The van der Waals surface area contributed by atoms with E-state index in [2.05, 4.69) is 30.9 Å². The summed E-state index contributed by atoms with van der Waals surface area (Å²) in [5, 5.41) is 19.5. The fourth-order valence-electron chi connectivity index (χ4n) is 3.03. The summed E-state index contributed by atoms with van der Waals surface area (Å²) in [6, 6.07) is 14.0. The molecule has 31 heavy (non-hydrogen) atoms. The number of fused-ring (bicyclic) bond motifs is 1. The Kier molecular flexibility index (Phi) is 7.93. The molecule has 0 aliphatic heterocycles. The molecule has 0 saturated heterocycles. The first kappa shape index (κ1) is 22.7. The van der Waals surface area contributed by atoms with Gasteiger partial charge in [0.2, 0.25) is 0 Å². The summed E-state index contributed by atoms with van der Waals surface area (Å²) < 4.78 is 16.7. The van der Waals surface area contributed by atoms with Crippen LogP contribution in [0.3, 0.4) is 0 Å². The van der Waals surface area contributed by atoms with E-state index in [1.54, 1.807) is 16.8 Å². The van der Waals surface area contributed by atoms with Crippen LogP contribution in [0.4, 0.5) is 4.39 Å². The van der Waals surface area contributed by atoms with Crippen molar-refractivity contribution in [2.75, 3.05) is 13.1 Å². The second kappa shape index (κ2) is 10.8. The van der Waals surface area contributed by atoms with Crippen LogP contribution in [-0.2, 0) is 13.0 Å². The maximum atomic E-state index is 13.1. The largest absolute Gasteiger partial charge is 0.357 e.